The number of para-hydroxylation sites is 2. The topological polar surface area (TPSA) is 56.2 Å². The van der Waals surface area contributed by atoms with Crippen molar-refractivity contribution < 1.29 is 9.53 Å². The van der Waals surface area contributed by atoms with Gasteiger partial charge in [-0.15, -0.1) is 0 Å². The van der Waals surface area contributed by atoms with Crippen LogP contribution in [0.2, 0.25) is 0 Å². The Hall–Kier alpha value is -3.86. The SMILES string of the molecule is Cc1ccc(Cn2nc(C)c(NC(=O)C3c4ccccc4Oc4ccccc43)c2C)cc1. The Morgan fingerprint density at radius 3 is 2.12 bits per heavy atom. The number of ether oxygens (including phenoxy) is 1. The van der Waals surface area contributed by atoms with Gasteiger partial charge in [0.2, 0.25) is 5.91 Å². The molecule has 0 aliphatic carbocycles. The summed E-state index contributed by atoms with van der Waals surface area (Å²) in [4.78, 5) is 13.6. The molecule has 0 unspecified atom stereocenters. The first kappa shape index (κ1) is 20.1. The third-order valence-corrected chi connectivity index (χ3v) is 6.02. The Labute approximate surface area is 187 Å². The van der Waals surface area contributed by atoms with Gasteiger partial charge in [-0.25, -0.2) is 0 Å². The summed E-state index contributed by atoms with van der Waals surface area (Å²) in [6.07, 6.45) is 0. The van der Waals surface area contributed by atoms with Crippen molar-refractivity contribution in [3.63, 3.8) is 0 Å². The van der Waals surface area contributed by atoms with Gasteiger partial charge in [0.05, 0.1) is 29.5 Å². The van der Waals surface area contributed by atoms with E-state index in [1.807, 2.05) is 67.1 Å². The van der Waals surface area contributed by atoms with E-state index in [0.29, 0.717) is 6.54 Å². The zero-order valence-corrected chi connectivity index (χ0v) is 18.4. The van der Waals surface area contributed by atoms with Crippen LogP contribution in [0.3, 0.4) is 0 Å². The van der Waals surface area contributed by atoms with Crippen molar-refractivity contribution in [2.24, 2.45) is 0 Å². The lowest BCUT2D eigenvalue weighted by atomic mass is 9.87. The molecule has 1 amide bonds. The standard InChI is InChI=1S/C27H25N3O2/c1-17-12-14-20(15-13-17)16-30-19(3)26(18(2)29-30)28-27(31)25-21-8-4-6-10-23(21)32-24-11-7-5-9-22(24)25/h4-15,25H,16H2,1-3H3,(H,28,31). The predicted octanol–water partition coefficient (Wildman–Crippen LogP) is 5.73. The molecule has 1 aliphatic heterocycles. The average molecular weight is 424 g/mol. The quantitative estimate of drug-likeness (QED) is 0.456. The van der Waals surface area contributed by atoms with Crippen molar-refractivity contribution in [2.75, 3.05) is 5.32 Å². The lowest BCUT2D eigenvalue weighted by Gasteiger charge is -2.27. The summed E-state index contributed by atoms with van der Waals surface area (Å²) in [5.74, 6) is 0.898. The molecule has 0 saturated carbocycles. The second-order valence-electron chi connectivity index (χ2n) is 8.29. The van der Waals surface area contributed by atoms with E-state index in [9.17, 15) is 4.79 Å². The molecule has 1 N–H and O–H groups in total. The van der Waals surface area contributed by atoms with Gasteiger partial charge in [0.15, 0.2) is 0 Å². The number of hydrogen-bond acceptors (Lipinski definition) is 3. The zero-order chi connectivity index (χ0) is 22.2. The van der Waals surface area contributed by atoms with Gasteiger partial charge in [-0.1, -0.05) is 66.2 Å². The maximum atomic E-state index is 13.6. The fourth-order valence-corrected chi connectivity index (χ4v) is 4.29. The Balaban J connectivity index is 1.46. The zero-order valence-electron chi connectivity index (χ0n) is 18.4. The van der Waals surface area contributed by atoms with Gasteiger partial charge < -0.3 is 10.1 Å². The molecule has 32 heavy (non-hydrogen) atoms. The van der Waals surface area contributed by atoms with Crippen LogP contribution in [-0.4, -0.2) is 15.7 Å². The van der Waals surface area contributed by atoms with Gasteiger partial charge >= 0.3 is 0 Å². The first-order valence-electron chi connectivity index (χ1n) is 10.8. The number of carbonyl (C=O) groups is 1. The van der Waals surface area contributed by atoms with Gasteiger partial charge in [0.25, 0.3) is 0 Å². The third kappa shape index (κ3) is 3.56. The monoisotopic (exact) mass is 423 g/mol. The van der Waals surface area contributed by atoms with E-state index >= 15 is 0 Å². The van der Waals surface area contributed by atoms with E-state index in [-0.39, 0.29) is 5.91 Å². The van der Waals surface area contributed by atoms with Crippen LogP contribution >= 0.6 is 0 Å². The average Bonchev–Trinajstić information content (AvgIpc) is 3.06. The number of aryl methyl sites for hydroxylation is 2. The molecule has 160 valence electrons. The van der Waals surface area contributed by atoms with E-state index in [0.717, 1.165) is 39.7 Å². The summed E-state index contributed by atoms with van der Waals surface area (Å²) in [5.41, 5.74) is 6.64. The number of nitrogens with one attached hydrogen (secondary N) is 1. The van der Waals surface area contributed by atoms with Crippen LogP contribution in [0.1, 0.15) is 39.6 Å². The molecule has 0 atom stereocenters. The van der Waals surface area contributed by atoms with Crippen LogP contribution in [-0.2, 0) is 11.3 Å². The highest BCUT2D eigenvalue weighted by Crippen LogP contribution is 2.44. The predicted molar refractivity (Wildman–Crippen MR) is 125 cm³/mol. The highest BCUT2D eigenvalue weighted by atomic mass is 16.5. The smallest absolute Gasteiger partial charge is 0.236 e. The minimum atomic E-state index is -0.449. The highest BCUT2D eigenvalue weighted by molar-refractivity contribution is 6.00. The van der Waals surface area contributed by atoms with Crippen molar-refractivity contribution in [3.8, 4) is 11.5 Å². The van der Waals surface area contributed by atoms with Crippen LogP contribution in [0.15, 0.2) is 72.8 Å². The Bertz CT molecular complexity index is 1260. The molecular formula is C27H25N3O2. The largest absolute Gasteiger partial charge is 0.457 e. The fourth-order valence-electron chi connectivity index (χ4n) is 4.29. The number of rotatable bonds is 4. The molecule has 4 aromatic rings. The first-order valence-corrected chi connectivity index (χ1v) is 10.8. The number of aromatic nitrogens is 2. The van der Waals surface area contributed by atoms with E-state index in [2.05, 4.69) is 36.5 Å². The number of fused-ring (bicyclic) bond motifs is 2. The van der Waals surface area contributed by atoms with Crippen molar-refractivity contribution in [3.05, 3.63) is 106 Å². The van der Waals surface area contributed by atoms with E-state index in [1.165, 1.54) is 11.1 Å². The summed E-state index contributed by atoms with van der Waals surface area (Å²) in [6.45, 7) is 6.66. The number of carbonyl (C=O) groups excluding carboxylic acids is 1. The van der Waals surface area contributed by atoms with E-state index in [4.69, 9.17) is 9.84 Å². The van der Waals surface area contributed by atoms with Crippen LogP contribution in [0.4, 0.5) is 5.69 Å². The van der Waals surface area contributed by atoms with Gasteiger partial charge in [-0.2, -0.15) is 5.10 Å². The number of benzene rings is 3. The minimum Gasteiger partial charge on any atom is -0.457 e. The Morgan fingerprint density at radius 2 is 1.50 bits per heavy atom. The molecule has 5 nitrogen and oxygen atoms in total. The van der Waals surface area contributed by atoms with Gasteiger partial charge in [-0.3, -0.25) is 9.48 Å². The minimum absolute atomic E-state index is 0.0886. The molecule has 5 heteroatoms. The molecule has 0 saturated heterocycles. The molecular weight excluding hydrogens is 398 g/mol. The number of anilines is 1. The molecule has 3 aromatic carbocycles. The molecule has 2 heterocycles. The summed E-state index contributed by atoms with van der Waals surface area (Å²) in [5, 5.41) is 7.86. The normalized spacial score (nSPS) is 12.6. The number of amides is 1. The fraction of sp³-hybridized carbons (Fsp3) is 0.185. The van der Waals surface area contributed by atoms with Crippen LogP contribution in [0.5, 0.6) is 11.5 Å². The molecule has 1 aliphatic rings. The van der Waals surface area contributed by atoms with Crippen molar-refractivity contribution in [1.29, 1.82) is 0 Å². The van der Waals surface area contributed by atoms with Crippen LogP contribution in [0.25, 0.3) is 0 Å². The van der Waals surface area contributed by atoms with Crippen molar-refractivity contribution >= 4 is 11.6 Å². The second kappa shape index (κ2) is 8.00. The van der Waals surface area contributed by atoms with Gasteiger partial charge in [0, 0.05) is 11.1 Å². The summed E-state index contributed by atoms with van der Waals surface area (Å²) in [7, 11) is 0. The summed E-state index contributed by atoms with van der Waals surface area (Å²) >= 11 is 0. The molecule has 0 fully saturated rings. The molecule has 0 bridgehead atoms. The molecule has 1 aromatic heterocycles. The molecule has 0 radical (unpaired) electrons. The van der Waals surface area contributed by atoms with Crippen LogP contribution in [0, 0.1) is 20.8 Å². The highest BCUT2D eigenvalue weighted by Gasteiger charge is 2.33. The lowest BCUT2D eigenvalue weighted by Crippen LogP contribution is -2.25. The first-order chi connectivity index (χ1) is 15.5. The van der Waals surface area contributed by atoms with Gasteiger partial charge in [-0.05, 0) is 38.5 Å². The van der Waals surface area contributed by atoms with Gasteiger partial charge in [0.1, 0.15) is 11.5 Å². The molecule has 5 rings (SSSR count). The van der Waals surface area contributed by atoms with E-state index < -0.39 is 5.92 Å². The Morgan fingerprint density at radius 1 is 0.906 bits per heavy atom. The van der Waals surface area contributed by atoms with Crippen molar-refractivity contribution in [2.45, 2.75) is 33.2 Å². The molecule has 0 spiro atoms. The van der Waals surface area contributed by atoms with E-state index in [1.54, 1.807) is 0 Å². The number of hydrogen-bond donors (Lipinski definition) is 1. The second-order valence-corrected chi connectivity index (χ2v) is 8.29. The number of nitrogens with zero attached hydrogens (tertiary/aromatic N) is 2. The summed E-state index contributed by atoms with van der Waals surface area (Å²) in [6, 6.07) is 23.9. The Kier molecular flexibility index (Phi) is 5.02. The van der Waals surface area contributed by atoms with Crippen molar-refractivity contribution in [1.82, 2.24) is 9.78 Å². The maximum Gasteiger partial charge on any atom is 0.236 e. The maximum absolute atomic E-state index is 13.6. The third-order valence-electron chi connectivity index (χ3n) is 6.02. The summed E-state index contributed by atoms with van der Waals surface area (Å²) < 4.78 is 7.98. The lowest BCUT2D eigenvalue weighted by molar-refractivity contribution is -0.116. The van der Waals surface area contributed by atoms with Crippen LogP contribution < -0.4 is 10.1 Å².